The molecular formula is C69H33F24N5. The Morgan fingerprint density at radius 1 is 0.286 bits per heavy atom. The third kappa shape index (κ3) is 12.2. The number of hydrogen-bond acceptors (Lipinski definition) is 3. The van der Waals surface area contributed by atoms with E-state index in [2.05, 4.69) is 9.97 Å². The molecule has 0 aliphatic rings. The van der Waals surface area contributed by atoms with Crippen LogP contribution in [0.25, 0.3) is 111 Å². The number of fused-ring (bicyclic) bond motifs is 6. The lowest BCUT2D eigenvalue weighted by atomic mass is 9.95. The predicted molar refractivity (Wildman–Crippen MR) is 312 cm³/mol. The number of benzene rings is 9. The van der Waals surface area contributed by atoms with Gasteiger partial charge < -0.3 is 9.13 Å². The van der Waals surface area contributed by atoms with Crippen LogP contribution >= 0.6 is 0 Å². The normalized spacial score (nSPS) is 13.2. The van der Waals surface area contributed by atoms with Crippen LogP contribution in [-0.2, 0) is 49.4 Å². The molecule has 5 nitrogen and oxygen atoms in total. The van der Waals surface area contributed by atoms with Gasteiger partial charge in [0.2, 0.25) is 0 Å². The molecule has 0 bridgehead atoms. The van der Waals surface area contributed by atoms with E-state index in [1.807, 2.05) is 6.07 Å². The molecule has 3 aromatic heterocycles. The molecule has 3 heterocycles. The van der Waals surface area contributed by atoms with Gasteiger partial charge in [-0.1, -0.05) is 72.8 Å². The van der Waals surface area contributed by atoms with Gasteiger partial charge in [-0.25, -0.2) is 9.97 Å². The van der Waals surface area contributed by atoms with E-state index in [1.165, 1.54) is 19.9 Å². The number of nitriles is 1. The highest BCUT2D eigenvalue weighted by atomic mass is 19.4. The molecule has 0 radical (unpaired) electrons. The van der Waals surface area contributed by atoms with Gasteiger partial charge in [0.05, 0.1) is 77.9 Å². The summed E-state index contributed by atoms with van der Waals surface area (Å²) >= 11 is 0. The monoisotopic (exact) mass is 1390 g/mol. The summed E-state index contributed by atoms with van der Waals surface area (Å²) in [7, 11) is 0. The van der Waals surface area contributed by atoms with Crippen molar-refractivity contribution in [3.8, 4) is 73.3 Å². The van der Waals surface area contributed by atoms with E-state index in [0.29, 0.717) is 48.5 Å². The van der Waals surface area contributed by atoms with Gasteiger partial charge >= 0.3 is 49.4 Å². The summed E-state index contributed by atoms with van der Waals surface area (Å²) in [5, 5.41) is 11.6. The van der Waals surface area contributed by atoms with Crippen LogP contribution in [0.4, 0.5) is 105 Å². The number of aromatic nitrogens is 4. The predicted octanol–water partition coefficient (Wildman–Crippen LogP) is 23.6. The van der Waals surface area contributed by atoms with Gasteiger partial charge in [-0.2, -0.15) is 111 Å². The van der Waals surface area contributed by atoms with E-state index in [4.69, 9.17) is 0 Å². The summed E-state index contributed by atoms with van der Waals surface area (Å²) in [6.45, 7) is 2.96. The van der Waals surface area contributed by atoms with Crippen molar-refractivity contribution in [2.24, 2.45) is 0 Å². The first kappa shape index (κ1) is 67.5. The number of aryl methyl sites for hydroxylation is 2. The summed E-state index contributed by atoms with van der Waals surface area (Å²) in [5.74, 6) is -0.267. The second kappa shape index (κ2) is 22.8. The van der Waals surface area contributed by atoms with Crippen molar-refractivity contribution in [1.29, 1.82) is 5.26 Å². The fraction of sp³-hybridized carbons (Fsp3) is 0.145. The lowest BCUT2D eigenvalue weighted by Gasteiger charge is -2.20. The number of hydrogen-bond donors (Lipinski definition) is 0. The van der Waals surface area contributed by atoms with Crippen molar-refractivity contribution in [1.82, 2.24) is 19.1 Å². The molecule has 0 atom stereocenters. The molecule has 0 fully saturated rings. The molecule has 29 heteroatoms. The molecule has 0 amide bonds. The number of alkyl halides is 24. The SMILES string of the molecule is Cc1cc(C)nc(-c2cc(-n3c4cc(-c5ccc(C(F)(F)F)cc5C(F)(F)F)ccc4c4ccc(-c5ccc(C(F)(F)F)cc5C(F)(F)F)cc43)c(C#N)c(-n3c4cc(-c5ccc(C(F)(F)F)cc5C(F)(F)F)ccc4c4ccc(-c5ccc(C(F)(F)F)cc5C(F)(F)F)cc43)c2)n1. The number of rotatable bonds is 7. The van der Waals surface area contributed by atoms with Crippen LogP contribution in [0.15, 0.2) is 164 Å². The van der Waals surface area contributed by atoms with Gasteiger partial charge in [-0.05, 0) is 149 Å². The van der Waals surface area contributed by atoms with Gasteiger partial charge in [-0.15, -0.1) is 0 Å². The van der Waals surface area contributed by atoms with Crippen LogP contribution in [0.1, 0.15) is 61.5 Å². The highest BCUT2D eigenvalue weighted by Gasteiger charge is 2.43. The van der Waals surface area contributed by atoms with E-state index in [0.717, 1.165) is 94.1 Å². The Kier molecular flexibility index (Phi) is 15.7. The molecule has 0 saturated carbocycles. The Bertz CT molecular complexity index is 4730. The molecule has 12 aromatic rings. The van der Waals surface area contributed by atoms with E-state index < -0.39 is 155 Å². The summed E-state index contributed by atoms with van der Waals surface area (Å²) in [4.78, 5) is 9.08. The minimum Gasteiger partial charge on any atom is -0.308 e. The lowest BCUT2D eigenvalue weighted by molar-refractivity contribution is -0.144. The first-order chi connectivity index (χ1) is 45.4. The molecule has 0 N–H and O–H groups in total. The molecule has 0 spiro atoms. The maximum absolute atomic E-state index is 15.1. The summed E-state index contributed by atoms with van der Waals surface area (Å²) in [6, 6.07) is 21.0. The Hall–Kier alpha value is -10.5. The zero-order chi connectivity index (χ0) is 71.3. The second-order valence-corrected chi connectivity index (χ2v) is 22.6. The van der Waals surface area contributed by atoms with Crippen LogP contribution in [0.3, 0.4) is 0 Å². The Labute approximate surface area is 533 Å². The topological polar surface area (TPSA) is 59.4 Å². The molecule has 12 rings (SSSR count). The van der Waals surface area contributed by atoms with Crippen molar-refractivity contribution in [3.05, 3.63) is 225 Å². The quantitative estimate of drug-likeness (QED) is 0.149. The first-order valence-electron chi connectivity index (χ1n) is 28.1. The standard InChI is InChI=1S/C69H33F24N5/c1-31-19-32(2)96-61(95-31)37-24-59(97-55-20-33(42-15-7-38(62(70,71)72)26-51(42)66(82,83)84)3-11-46(55)47-12-4-34(21-56(47)97)43-16-8-39(63(73,74)75)27-52(43)67(85,86)87)50(30-94)60(25-37)98-57-22-35(44-17-9-40(64(76,77)78)28-53(44)68(88,89)90)5-13-48(57)49-14-6-36(23-58(49)98)45-18-10-41(65(79,80)81)29-54(45)69(91,92)93/h3-29H,1-2H3. The zero-order valence-electron chi connectivity index (χ0n) is 48.9. The Balaban J connectivity index is 1.27. The number of nitrogens with zero attached hydrogens (tertiary/aromatic N) is 5. The van der Waals surface area contributed by atoms with Crippen molar-refractivity contribution in [3.63, 3.8) is 0 Å². The van der Waals surface area contributed by atoms with E-state index in [1.54, 1.807) is 0 Å². The fourth-order valence-corrected chi connectivity index (χ4v) is 12.1. The molecule has 0 aliphatic carbocycles. The molecule has 0 unspecified atom stereocenters. The van der Waals surface area contributed by atoms with Crippen LogP contribution < -0.4 is 0 Å². The summed E-state index contributed by atoms with van der Waals surface area (Å²) in [6.07, 6.45) is -43.4. The van der Waals surface area contributed by atoms with Gasteiger partial charge in [0.15, 0.2) is 5.82 Å². The minimum absolute atomic E-state index is 0.0575. The Morgan fingerprint density at radius 3 is 0.745 bits per heavy atom. The molecular weight excluding hydrogens is 1350 g/mol. The second-order valence-electron chi connectivity index (χ2n) is 22.6. The highest BCUT2D eigenvalue weighted by Crippen LogP contribution is 2.50. The summed E-state index contributed by atoms with van der Waals surface area (Å²) in [5.41, 5.74) is -22.7. The van der Waals surface area contributed by atoms with Gasteiger partial charge in [0.25, 0.3) is 0 Å². The largest absolute Gasteiger partial charge is 0.417 e. The Morgan fingerprint density at radius 2 is 0.531 bits per heavy atom. The fourth-order valence-electron chi connectivity index (χ4n) is 12.1. The highest BCUT2D eigenvalue weighted by molar-refractivity contribution is 6.13. The van der Waals surface area contributed by atoms with Crippen molar-refractivity contribution in [2.45, 2.75) is 63.3 Å². The van der Waals surface area contributed by atoms with Gasteiger partial charge in [-0.3, -0.25) is 0 Å². The average Bonchev–Trinajstić information content (AvgIpc) is 1.55. The van der Waals surface area contributed by atoms with E-state index in [-0.39, 0.29) is 90.7 Å². The maximum Gasteiger partial charge on any atom is 0.417 e. The van der Waals surface area contributed by atoms with Crippen LogP contribution in [0.5, 0.6) is 0 Å². The van der Waals surface area contributed by atoms with Crippen LogP contribution in [0.2, 0.25) is 0 Å². The van der Waals surface area contributed by atoms with Gasteiger partial charge in [0.1, 0.15) is 11.6 Å². The van der Waals surface area contributed by atoms with Gasteiger partial charge in [0, 0.05) is 38.5 Å². The maximum atomic E-state index is 15.1. The zero-order valence-corrected chi connectivity index (χ0v) is 48.9. The smallest absolute Gasteiger partial charge is 0.308 e. The molecule has 98 heavy (non-hydrogen) atoms. The molecule has 0 aliphatic heterocycles. The minimum atomic E-state index is -5.53. The molecule has 9 aromatic carbocycles. The van der Waals surface area contributed by atoms with Crippen LogP contribution in [-0.4, -0.2) is 19.1 Å². The lowest BCUT2D eigenvalue weighted by Crippen LogP contribution is -2.12. The van der Waals surface area contributed by atoms with E-state index >= 15 is 52.7 Å². The number of halogens is 24. The van der Waals surface area contributed by atoms with E-state index in [9.17, 15) is 57.9 Å². The first-order valence-corrected chi connectivity index (χ1v) is 28.1. The van der Waals surface area contributed by atoms with Crippen molar-refractivity contribution in [2.75, 3.05) is 0 Å². The van der Waals surface area contributed by atoms with Crippen molar-refractivity contribution >= 4 is 43.6 Å². The summed E-state index contributed by atoms with van der Waals surface area (Å²) < 4.78 is 352. The van der Waals surface area contributed by atoms with Crippen molar-refractivity contribution < 1.29 is 105 Å². The average molecular weight is 1390 g/mol. The third-order valence-electron chi connectivity index (χ3n) is 16.3. The van der Waals surface area contributed by atoms with Crippen LogP contribution in [0, 0.1) is 25.2 Å². The third-order valence-corrected chi connectivity index (χ3v) is 16.3. The molecule has 0 saturated heterocycles. The molecule has 502 valence electrons.